The molecule has 0 unspecified atom stereocenters. The van der Waals surface area contributed by atoms with Crippen LogP contribution in [0, 0.1) is 0 Å². The number of aromatic nitrogens is 1. The van der Waals surface area contributed by atoms with Crippen molar-refractivity contribution in [1.82, 2.24) is 4.98 Å². The van der Waals surface area contributed by atoms with Crippen LogP contribution < -0.4 is 5.73 Å². The fourth-order valence-corrected chi connectivity index (χ4v) is 2.92. The molecule has 0 aliphatic carbocycles. The Hall–Kier alpha value is -1.91. The predicted molar refractivity (Wildman–Crippen MR) is 81.2 cm³/mol. The quantitative estimate of drug-likeness (QED) is 0.735. The van der Waals surface area contributed by atoms with Gasteiger partial charge in [0.1, 0.15) is 10.6 Å². The highest BCUT2D eigenvalue weighted by atomic mass is 35.5. The number of pyridine rings is 1. The molecule has 3 rings (SSSR count). The average Bonchev–Trinajstić information content (AvgIpc) is 2.77. The van der Waals surface area contributed by atoms with Gasteiger partial charge in [0.05, 0.1) is 5.69 Å². The molecular formula is C14H11ClN2OS. The van der Waals surface area contributed by atoms with Crippen LogP contribution in [0.3, 0.4) is 0 Å². The molecule has 0 radical (unpaired) electrons. The normalized spacial score (nSPS) is 10.1. The average molecular weight is 291 g/mol. The summed E-state index contributed by atoms with van der Waals surface area (Å²) < 4.78 is 1.02. The molecule has 3 aromatic rings. The summed E-state index contributed by atoms with van der Waals surface area (Å²) in [6.07, 6.45) is 1.61. The van der Waals surface area contributed by atoms with Crippen molar-refractivity contribution in [2.75, 3.05) is 5.73 Å². The number of carbonyl (C=O) groups excluding carboxylic acids is 1. The molecule has 0 amide bonds. The van der Waals surface area contributed by atoms with Gasteiger partial charge in [0.2, 0.25) is 5.78 Å². The van der Waals surface area contributed by atoms with Crippen LogP contribution in [0.5, 0.6) is 0 Å². The summed E-state index contributed by atoms with van der Waals surface area (Å²) in [6.45, 7) is 0. The molecule has 0 bridgehead atoms. The van der Waals surface area contributed by atoms with Crippen LogP contribution in [-0.2, 0) is 0 Å². The Morgan fingerprint density at radius 3 is 2.53 bits per heavy atom. The van der Waals surface area contributed by atoms with Crippen LogP contribution in [0.15, 0.2) is 48.7 Å². The highest BCUT2D eigenvalue weighted by molar-refractivity contribution is 7.21. The number of nitrogens with zero attached hydrogens (tertiary/aromatic N) is 1. The first-order chi connectivity index (χ1) is 8.77. The molecule has 0 aliphatic rings. The fourth-order valence-electron chi connectivity index (χ4n) is 1.85. The number of thiophene rings is 1. The number of hydrogen-bond donors (Lipinski definition) is 1. The van der Waals surface area contributed by atoms with E-state index < -0.39 is 0 Å². The van der Waals surface area contributed by atoms with E-state index in [9.17, 15) is 4.79 Å². The van der Waals surface area contributed by atoms with Gasteiger partial charge < -0.3 is 5.73 Å². The number of fused-ring (bicyclic) bond motifs is 1. The number of hydrogen-bond acceptors (Lipinski definition) is 4. The zero-order chi connectivity index (χ0) is 12.5. The largest absolute Gasteiger partial charge is 0.397 e. The van der Waals surface area contributed by atoms with Crippen molar-refractivity contribution in [1.29, 1.82) is 0 Å². The number of ketones is 1. The number of rotatable bonds is 2. The van der Waals surface area contributed by atoms with Crippen molar-refractivity contribution < 1.29 is 4.79 Å². The second-order valence-corrected chi connectivity index (χ2v) is 4.94. The molecule has 0 saturated carbocycles. The van der Waals surface area contributed by atoms with Crippen LogP contribution in [0.2, 0.25) is 0 Å². The minimum Gasteiger partial charge on any atom is -0.397 e. The number of carbonyl (C=O) groups is 1. The van der Waals surface area contributed by atoms with E-state index in [0.717, 1.165) is 10.1 Å². The molecule has 0 fully saturated rings. The summed E-state index contributed by atoms with van der Waals surface area (Å²) in [5.41, 5.74) is 7.01. The molecule has 2 aromatic heterocycles. The van der Waals surface area contributed by atoms with Crippen molar-refractivity contribution in [2.45, 2.75) is 0 Å². The standard InChI is InChI=1S/C14H10N2OS.ClH/c15-12-9-5-1-2-7-11(9)18-14(12)13(17)10-6-3-4-8-16-10;/h1-8H,15H2;1H. The van der Waals surface area contributed by atoms with E-state index in [2.05, 4.69) is 4.98 Å². The topological polar surface area (TPSA) is 56.0 Å². The first-order valence-corrected chi connectivity index (χ1v) is 6.32. The number of anilines is 1. The van der Waals surface area contributed by atoms with E-state index >= 15 is 0 Å². The molecule has 2 heterocycles. The lowest BCUT2D eigenvalue weighted by Crippen LogP contribution is -2.03. The number of nitrogens with two attached hydrogens (primary N) is 1. The maximum absolute atomic E-state index is 12.3. The van der Waals surface area contributed by atoms with Gasteiger partial charge in [-0.15, -0.1) is 23.7 Å². The SMILES string of the molecule is Cl.Nc1c(C(=O)c2ccccn2)sc2ccccc12. The predicted octanol–water partition coefficient (Wildman–Crippen LogP) is 3.53. The van der Waals surface area contributed by atoms with Crippen molar-refractivity contribution >= 4 is 45.3 Å². The summed E-state index contributed by atoms with van der Waals surface area (Å²) in [6, 6.07) is 13.0. The van der Waals surface area contributed by atoms with E-state index in [0.29, 0.717) is 16.3 Å². The van der Waals surface area contributed by atoms with Crippen molar-refractivity contribution in [3.05, 3.63) is 59.2 Å². The van der Waals surface area contributed by atoms with E-state index in [1.807, 2.05) is 24.3 Å². The zero-order valence-corrected chi connectivity index (χ0v) is 11.5. The van der Waals surface area contributed by atoms with Gasteiger partial charge in [0.15, 0.2) is 0 Å². The lowest BCUT2D eigenvalue weighted by atomic mass is 10.1. The Kier molecular flexibility index (Phi) is 3.83. The monoisotopic (exact) mass is 290 g/mol. The molecule has 2 N–H and O–H groups in total. The first-order valence-electron chi connectivity index (χ1n) is 5.50. The van der Waals surface area contributed by atoms with Gasteiger partial charge in [0.25, 0.3) is 0 Å². The third-order valence-electron chi connectivity index (χ3n) is 2.74. The second kappa shape index (κ2) is 5.38. The Bertz CT molecular complexity index is 725. The van der Waals surface area contributed by atoms with Gasteiger partial charge in [0, 0.05) is 16.3 Å². The van der Waals surface area contributed by atoms with Crippen LogP contribution in [0.4, 0.5) is 5.69 Å². The molecule has 0 atom stereocenters. The third kappa shape index (κ3) is 2.32. The van der Waals surface area contributed by atoms with Gasteiger partial charge in [-0.3, -0.25) is 9.78 Å². The highest BCUT2D eigenvalue weighted by Gasteiger charge is 2.18. The van der Waals surface area contributed by atoms with Crippen molar-refractivity contribution in [3.63, 3.8) is 0 Å². The molecule has 0 aliphatic heterocycles. The van der Waals surface area contributed by atoms with Gasteiger partial charge in [-0.1, -0.05) is 24.3 Å². The molecular weight excluding hydrogens is 280 g/mol. The van der Waals surface area contributed by atoms with Gasteiger partial charge in [-0.2, -0.15) is 0 Å². The molecule has 0 spiro atoms. The minimum atomic E-state index is -0.116. The lowest BCUT2D eigenvalue weighted by molar-refractivity contribution is 0.103. The van der Waals surface area contributed by atoms with E-state index in [1.54, 1.807) is 24.4 Å². The molecule has 5 heteroatoms. The smallest absolute Gasteiger partial charge is 0.223 e. The first kappa shape index (κ1) is 13.5. The Balaban J connectivity index is 0.00000133. The van der Waals surface area contributed by atoms with Gasteiger partial charge in [-0.05, 0) is 18.2 Å². The fraction of sp³-hybridized carbons (Fsp3) is 0. The lowest BCUT2D eigenvalue weighted by Gasteiger charge is -1.98. The maximum Gasteiger partial charge on any atom is 0.223 e. The van der Waals surface area contributed by atoms with E-state index in [-0.39, 0.29) is 18.2 Å². The van der Waals surface area contributed by atoms with E-state index in [1.165, 1.54) is 11.3 Å². The molecule has 3 nitrogen and oxygen atoms in total. The molecule has 1 aromatic carbocycles. The molecule has 0 saturated heterocycles. The van der Waals surface area contributed by atoms with Crippen molar-refractivity contribution in [3.8, 4) is 0 Å². The zero-order valence-electron chi connectivity index (χ0n) is 9.87. The Morgan fingerprint density at radius 2 is 1.84 bits per heavy atom. The highest BCUT2D eigenvalue weighted by Crippen LogP contribution is 2.34. The summed E-state index contributed by atoms with van der Waals surface area (Å²) >= 11 is 1.41. The summed E-state index contributed by atoms with van der Waals surface area (Å²) in [4.78, 5) is 16.9. The van der Waals surface area contributed by atoms with Crippen LogP contribution in [-0.4, -0.2) is 10.8 Å². The van der Waals surface area contributed by atoms with Crippen molar-refractivity contribution in [2.24, 2.45) is 0 Å². The second-order valence-electron chi connectivity index (χ2n) is 3.89. The molecule has 96 valence electrons. The number of nitrogen functional groups attached to an aromatic ring is 1. The van der Waals surface area contributed by atoms with Crippen LogP contribution >= 0.6 is 23.7 Å². The number of halogens is 1. The third-order valence-corrected chi connectivity index (χ3v) is 3.92. The number of benzene rings is 1. The van der Waals surface area contributed by atoms with Gasteiger partial charge >= 0.3 is 0 Å². The molecule has 19 heavy (non-hydrogen) atoms. The summed E-state index contributed by atoms with van der Waals surface area (Å²) in [5.74, 6) is -0.116. The summed E-state index contributed by atoms with van der Waals surface area (Å²) in [5, 5.41) is 0.932. The maximum atomic E-state index is 12.3. The summed E-state index contributed by atoms with van der Waals surface area (Å²) in [7, 11) is 0. The van der Waals surface area contributed by atoms with Gasteiger partial charge in [-0.25, -0.2) is 0 Å². The Labute approximate surface area is 120 Å². The van der Waals surface area contributed by atoms with Crippen LogP contribution in [0.25, 0.3) is 10.1 Å². The minimum absolute atomic E-state index is 0. The van der Waals surface area contributed by atoms with E-state index in [4.69, 9.17) is 5.73 Å². The Morgan fingerprint density at radius 1 is 1.11 bits per heavy atom. The van der Waals surface area contributed by atoms with Crippen LogP contribution in [0.1, 0.15) is 15.4 Å².